The average Bonchev–Trinajstić information content (AvgIpc) is 2.24. The van der Waals surface area contributed by atoms with Gasteiger partial charge >= 0.3 is 6.18 Å². The Balaban J connectivity index is 3.01. The van der Waals surface area contributed by atoms with Gasteiger partial charge in [-0.25, -0.2) is 4.39 Å². The van der Waals surface area contributed by atoms with Gasteiger partial charge in [-0.2, -0.15) is 13.2 Å². The molecule has 0 aromatic heterocycles. The molecule has 98 valence electrons. The van der Waals surface area contributed by atoms with Crippen molar-refractivity contribution < 1.29 is 22.4 Å². The summed E-state index contributed by atoms with van der Waals surface area (Å²) in [6, 6.07) is 1.83. The van der Waals surface area contributed by atoms with Crippen LogP contribution in [0.25, 0.3) is 0 Å². The van der Waals surface area contributed by atoms with Gasteiger partial charge in [0.2, 0.25) is 0 Å². The Morgan fingerprint density at radius 3 is 2.39 bits per heavy atom. The van der Waals surface area contributed by atoms with E-state index in [-0.39, 0.29) is 6.42 Å². The molecule has 0 aliphatic rings. The molecule has 0 atom stereocenters. The molecule has 0 aliphatic heterocycles. The minimum Gasteiger partial charge on any atom is -0.294 e. The van der Waals surface area contributed by atoms with Crippen LogP contribution in [0.15, 0.2) is 30.4 Å². The molecule has 0 radical (unpaired) electrons. The Labute approximate surface area is 102 Å². The van der Waals surface area contributed by atoms with Crippen LogP contribution in [0.4, 0.5) is 17.6 Å². The predicted octanol–water partition coefficient (Wildman–Crippen LogP) is 4.38. The van der Waals surface area contributed by atoms with E-state index in [4.69, 9.17) is 0 Å². The van der Waals surface area contributed by atoms with Crippen LogP contribution in [-0.2, 0) is 6.18 Å². The highest BCUT2D eigenvalue weighted by Crippen LogP contribution is 2.30. The summed E-state index contributed by atoms with van der Waals surface area (Å²) in [5, 5.41) is 0. The number of benzene rings is 1. The minimum absolute atomic E-state index is 0.0481. The Kier molecular flexibility index (Phi) is 4.27. The van der Waals surface area contributed by atoms with E-state index in [1.807, 2.05) is 0 Å². The van der Waals surface area contributed by atoms with Gasteiger partial charge in [0.05, 0.1) is 11.1 Å². The molecule has 18 heavy (non-hydrogen) atoms. The highest BCUT2D eigenvalue weighted by molar-refractivity contribution is 5.96. The molecule has 0 aliphatic carbocycles. The van der Waals surface area contributed by atoms with Crippen molar-refractivity contribution in [2.75, 3.05) is 0 Å². The highest BCUT2D eigenvalue weighted by Gasteiger charge is 2.31. The van der Waals surface area contributed by atoms with E-state index < -0.39 is 28.9 Å². The van der Waals surface area contributed by atoms with Crippen molar-refractivity contribution in [3.8, 4) is 0 Å². The molecule has 1 nitrogen and oxygen atoms in total. The zero-order valence-electron chi connectivity index (χ0n) is 9.77. The summed E-state index contributed by atoms with van der Waals surface area (Å²) in [4.78, 5) is 11.6. The maximum atomic E-state index is 13.3. The zero-order valence-corrected chi connectivity index (χ0v) is 9.77. The number of hydrogen-bond donors (Lipinski definition) is 0. The number of alkyl halides is 3. The maximum Gasteiger partial charge on any atom is 0.416 e. The summed E-state index contributed by atoms with van der Waals surface area (Å²) >= 11 is 0. The van der Waals surface area contributed by atoms with E-state index in [1.165, 1.54) is 0 Å². The molecule has 0 N–H and O–H groups in total. The van der Waals surface area contributed by atoms with Crippen LogP contribution in [0.5, 0.6) is 0 Å². The standard InChI is InChI=1S/C13H12F4O/c1-8(2)3-6-12(18)10-7-9(13(15,16)17)4-5-11(10)14/h4-5,7H,1,3,6H2,2H3. The van der Waals surface area contributed by atoms with Crippen molar-refractivity contribution in [2.45, 2.75) is 25.9 Å². The Hall–Kier alpha value is -1.65. The first-order valence-corrected chi connectivity index (χ1v) is 5.26. The molecule has 0 bridgehead atoms. The van der Waals surface area contributed by atoms with Gasteiger partial charge < -0.3 is 0 Å². The van der Waals surface area contributed by atoms with Gasteiger partial charge in [-0.05, 0) is 31.5 Å². The fourth-order valence-corrected chi connectivity index (χ4v) is 1.38. The summed E-state index contributed by atoms with van der Waals surface area (Å²) in [6.45, 7) is 5.26. The lowest BCUT2D eigenvalue weighted by molar-refractivity contribution is -0.137. The number of carbonyl (C=O) groups is 1. The fraction of sp³-hybridized carbons (Fsp3) is 0.308. The summed E-state index contributed by atoms with van der Waals surface area (Å²) in [5.41, 5.74) is -0.829. The molecule has 1 aromatic rings. The van der Waals surface area contributed by atoms with Crippen molar-refractivity contribution >= 4 is 5.78 Å². The number of ketones is 1. The number of halogens is 4. The molecule has 0 heterocycles. The molecule has 5 heteroatoms. The highest BCUT2D eigenvalue weighted by atomic mass is 19.4. The fourth-order valence-electron chi connectivity index (χ4n) is 1.38. The van der Waals surface area contributed by atoms with E-state index in [0.29, 0.717) is 24.6 Å². The van der Waals surface area contributed by atoms with Gasteiger partial charge in [0.1, 0.15) is 5.82 Å². The number of hydrogen-bond acceptors (Lipinski definition) is 1. The largest absolute Gasteiger partial charge is 0.416 e. The second kappa shape index (κ2) is 5.33. The summed E-state index contributed by atoms with van der Waals surface area (Å²) < 4.78 is 50.6. The molecule has 0 saturated carbocycles. The second-order valence-corrected chi connectivity index (χ2v) is 4.07. The molecule has 0 amide bonds. The summed E-state index contributed by atoms with van der Waals surface area (Å²) in [7, 11) is 0. The van der Waals surface area contributed by atoms with Crippen LogP contribution in [0.1, 0.15) is 35.7 Å². The maximum absolute atomic E-state index is 13.3. The van der Waals surface area contributed by atoms with Gasteiger partial charge in [-0.15, -0.1) is 6.58 Å². The third-order valence-corrected chi connectivity index (χ3v) is 2.37. The second-order valence-electron chi connectivity index (χ2n) is 4.07. The number of rotatable bonds is 4. The molecule has 0 unspecified atom stereocenters. The van der Waals surface area contributed by atoms with Gasteiger partial charge in [-0.3, -0.25) is 4.79 Å². The van der Waals surface area contributed by atoms with E-state index in [0.717, 1.165) is 5.57 Å². The Morgan fingerprint density at radius 1 is 1.28 bits per heavy atom. The van der Waals surface area contributed by atoms with Crippen LogP contribution in [-0.4, -0.2) is 5.78 Å². The van der Waals surface area contributed by atoms with Crippen LogP contribution in [0.2, 0.25) is 0 Å². The van der Waals surface area contributed by atoms with Crippen LogP contribution >= 0.6 is 0 Å². The van der Waals surface area contributed by atoms with Crippen molar-refractivity contribution in [1.29, 1.82) is 0 Å². The van der Waals surface area contributed by atoms with Crippen molar-refractivity contribution in [1.82, 2.24) is 0 Å². The van der Waals surface area contributed by atoms with Gasteiger partial charge in [-0.1, -0.05) is 5.57 Å². The van der Waals surface area contributed by atoms with E-state index in [2.05, 4.69) is 6.58 Å². The lowest BCUT2D eigenvalue weighted by Gasteiger charge is -2.09. The molecule has 1 rings (SSSR count). The quantitative estimate of drug-likeness (QED) is 0.446. The number of allylic oxidation sites excluding steroid dienone is 1. The average molecular weight is 260 g/mol. The molecule has 0 fully saturated rings. The number of Topliss-reactive ketones (excluding diaryl/α,β-unsaturated/α-hetero) is 1. The zero-order chi connectivity index (χ0) is 13.9. The van der Waals surface area contributed by atoms with Crippen LogP contribution in [0, 0.1) is 5.82 Å². The van der Waals surface area contributed by atoms with E-state index in [9.17, 15) is 22.4 Å². The van der Waals surface area contributed by atoms with Gasteiger partial charge in [0, 0.05) is 6.42 Å². The summed E-state index contributed by atoms with van der Waals surface area (Å²) in [5.74, 6) is -1.59. The molecule has 1 aromatic carbocycles. The normalized spacial score (nSPS) is 11.4. The molecular weight excluding hydrogens is 248 g/mol. The molecule has 0 spiro atoms. The van der Waals surface area contributed by atoms with Crippen molar-refractivity contribution in [3.63, 3.8) is 0 Å². The topological polar surface area (TPSA) is 17.1 Å². The predicted molar refractivity (Wildman–Crippen MR) is 59.8 cm³/mol. The molecule has 0 saturated heterocycles. The van der Waals surface area contributed by atoms with Crippen molar-refractivity contribution in [2.24, 2.45) is 0 Å². The molecular formula is C13H12F4O. The smallest absolute Gasteiger partial charge is 0.294 e. The lowest BCUT2D eigenvalue weighted by Crippen LogP contribution is -2.09. The summed E-state index contributed by atoms with van der Waals surface area (Å²) in [6.07, 6.45) is -4.31. The monoisotopic (exact) mass is 260 g/mol. The SMILES string of the molecule is C=C(C)CCC(=O)c1cc(C(F)(F)F)ccc1F. The first kappa shape index (κ1) is 14.4. The van der Waals surface area contributed by atoms with Crippen molar-refractivity contribution in [3.05, 3.63) is 47.3 Å². The van der Waals surface area contributed by atoms with E-state index >= 15 is 0 Å². The first-order valence-electron chi connectivity index (χ1n) is 5.26. The first-order chi connectivity index (χ1) is 8.21. The van der Waals surface area contributed by atoms with Crippen LogP contribution < -0.4 is 0 Å². The van der Waals surface area contributed by atoms with E-state index in [1.54, 1.807) is 6.92 Å². The number of carbonyl (C=O) groups excluding carboxylic acids is 1. The minimum atomic E-state index is -4.59. The third kappa shape index (κ3) is 3.68. The van der Waals surface area contributed by atoms with Crippen LogP contribution in [0.3, 0.4) is 0 Å². The van der Waals surface area contributed by atoms with Gasteiger partial charge in [0.15, 0.2) is 5.78 Å². The lowest BCUT2D eigenvalue weighted by atomic mass is 10.0. The van der Waals surface area contributed by atoms with Gasteiger partial charge in [0.25, 0.3) is 0 Å². The third-order valence-electron chi connectivity index (χ3n) is 2.37. The Bertz CT molecular complexity index is 474. The Morgan fingerprint density at radius 2 is 1.89 bits per heavy atom.